The largest absolute Gasteiger partial charge is 0.331 e. The Balaban J connectivity index is 2.36. The Labute approximate surface area is 102 Å². The van der Waals surface area contributed by atoms with Gasteiger partial charge < -0.3 is 0 Å². The lowest BCUT2D eigenvalue weighted by atomic mass is 10.2. The molecule has 0 spiro atoms. The van der Waals surface area contributed by atoms with Crippen LogP contribution in [-0.2, 0) is 4.79 Å². The van der Waals surface area contributed by atoms with Crippen LogP contribution in [0.5, 0.6) is 0 Å². The summed E-state index contributed by atoms with van der Waals surface area (Å²) in [4.78, 5) is 35.6. The van der Waals surface area contributed by atoms with Gasteiger partial charge in [0.05, 0.1) is 10.6 Å². The summed E-state index contributed by atoms with van der Waals surface area (Å²) in [6.45, 7) is 1.48. The molecule has 2 rings (SSSR count). The summed E-state index contributed by atoms with van der Waals surface area (Å²) >= 11 is 5.87. The fraction of sp³-hybridized carbons (Fsp3) is 0.182. The summed E-state index contributed by atoms with van der Waals surface area (Å²) in [7, 11) is 0. The molecule has 1 aromatic rings. The summed E-state index contributed by atoms with van der Waals surface area (Å²) < 4.78 is 0. The molecule has 5 nitrogen and oxygen atoms in total. The topological polar surface area (TPSA) is 66.5 Å². The van der Waals surface area contributed by atoms with E-state index < -0.39 is 23.9 Å². The van der Waals surface area contributed by atoms with Gasteiger partial charge in [-0.2, -0.15) is 0 Å². The molecule has 4 amide bonds. The molecule has 1 aliphatic rings. The number of urea groups is 1. The zero-order chi connectivity index (χ0) is 12.6. The van der Waals surface area contributed by atoms with Crippen molar-refractivity contribution in [1.82, 2.24) is 10.2 Å². The standard InChI is InChI=1S/C11H9ClN2O3/c1-6-9(15)13-11(17)14(6)10(16)7-4-2-3-5-8(7)12/h2-6H,1H3,(H,13,15,17). The van der Waals surface area contributed by atoms with Gasteiger partial charge in [-0.1, -0.05) is 23.7 Å². The summed E-state index contributed by atoms with van der Waals surface area (Å²) in [6, 6.07) is 4.85. The zero-order valence-corrected chi connectivity index (χ0v) is 9.69. The van der Waals surface area contributed by atoms with Crippen LogP contribution in [0.2, 0.25) is 5.02 Å². The molecule has 1 aromatic carbocycles. The van der Waals surface area contributed by atoms with Gasteiger partial charge in [0, 0.05) is 0 Å². The van der Waals surface area contributed by atoms with Crippen molar-refractivity contribution < 1.29 is 14.4 Å². The quantitative estimate of drug-likeness (QED) is 0.769. The third-order valence-electron chi connectivity index (χ3n) is 2.54. The Morgan fingerprint density at radius 3 is 2.53 bits per heavy atom. The van der Waals surface area contributed by atoms with Crippen molar-refractivity contribution in [2.45, 2.75) is 13.0 Å². The van der Waals surface area contributed by atoms with Gasteiger partial charge in [0.15, 0.2) is 0 Å². The number of benzene rings is 1. The molecule has 0 radical (unpaired) electrons. The maximum absolute atomic E-state index is 12.1. The number of rotatable bonds is 1. The molecule has 1 aliphatic heterocycles. The lowest BCUT2D eigenvalue weighted by Gasteiger charge is -2.16. The third kappa shape index (κ3) is 1.89. The monoisotopic (exact) mass is 252 g/mol. The van der Waals surface area contributed by atoms with Gasteiger partial charge in [-0.25, -0.2) is 9.69 Å². The van der Waals surface area contributed by atoms with Gasteiger partial charge in [-0.3, -0.25) is 14.9 Å². The van der Waals surface area contributed by atoms with Crippen LogP contribution in [0.1, 0.15) is 17.3 Å². The van der Waals surface area contributed by atoms with E-state index in [4.69, 9.17) is 11.6 Å². The molecule has 1 unspecified atom stereocenters. The van der Waals surface area contributed by atoms with Gasteiger partial charge in [-0.15, -0.1) is 0 Å². The second-order valence-electron chi connectivity index (χ2n) is 3.63. The fourth-order valence-corrected chi connectivity index (χ4v) is 1.81. The second kappa shape index (κ2) is 4.18. The molecule has 17 heavy (non-hydrogen) atoms. The number of nitrogens with one attached hydrogen (secondary N) is 1. The highest BCUT2D eigenvalue weighted by atomic mass is 35.5. The van der Waals surface area contributed by atoms with E-state index in [9.17, 15) is 14.4 Å². The number of amides is 4. The first-order valence-electron chi connectivity index (χ1n) is 4.95. The molecule has 1 saturated heterocycles. The van der Waals surface area contributed by atoms with Crippen molar-refractivity contribution in [3.8, 4) is 0 Å². The number of imide groups is 2. The molecule has 0 aromatic heterocycles. The molecule has 1 atom stereocenters. The van der Waals surface area contributed by atoms with Crippen LogP contribution >= 0.6 is 11.6 Å². The number of carbonyl (C=O) groups excluding carboxylic acids is 3. The van der Waals surface area contributed by atoms with Gasteiger partial charge in [0.1, 0.15) is 6.04 Å². The second-order valence-corrected chi connectivity index (χ2v) is 4.03. The van der Waals surface area contributed by atoms with Crippen molar-refractivity contribution in [1.29, 1.82) is 0 Å². The molecule has 0 bridgehead atoms. The highest BCUT2D eigenvalue weighted by Gasteiger charge is 2.40. The van der Waals surface area contributed by atoms with Crippen LogP contribution in [0.4, 0.5) is 4.79 Å². The van der Waals surface area contributed by atoms with Gasteiger partial charge in [-0.05, 0) is 19.1 Å². The van der Waals surface area contributed by atoms with E-state index in [0.717, 1.165) is 4.90 Å². The van der Waals surface area contributed by atoms with Gasteiger partial charge in [0.2, 0.25) is 0 Å². The van der Waals surface area contributed by atoms with E-state index >= 15 is 0 Å². The molecule has 0 aliphatic carbocycles. The van der Waals surface area contributed by atoms with Crippen molar-refractivity contribution in [2.75, 3.05) is 0 Å². The molecular formula is C11H9ClN2O3. The highest BCUT2D eigenvalue weighted by molar-refractivity contribution is 6.34. The van der Waals surface area contributed by atoms with Crippen molar-refractivity contribution in [3.05, 3.63) is 34.9 Å². The van der Waals surface area contributed by atoms with E-state index in [-0.39, 0.29) is 10.6 Å². The normalized spacial score (nSPS) is 19.4. The summed E-state index contributed by atoms with van der Waals surface area (Å²) in [5.74, 6) is -1.07. The minimum Gasteiger partial charge on any atom is -0.276 e. The Morgan fingerprint density at radius 2 is 2.00 bits per heavy atom. The number of hydrogen-bond donors (Lipinski definition) is 1. The fourth-order valence-electron chi connectivity index (χ4n) is 1.60. The minimum atomic E-state index is -0.814. The van der Waals surface area contributed by atoms with Crippen LogP contribution in [0, 0.1) is 0 Å². The molecule has 1 heterocycles. The maximum Gasteiger partial charge on any atom is 0.331 e. The first-order chi connectivity index (χ1) is 8.02. The van der Waals surface area contributed by atoms with Crippen LogP contribution in [0.3, 0.4) is 0 Å². The highest BCUT2D eigenvalue weighted by Crippen LogP contribution is 2.20. The lowest BCUT2D eigenvalue weighted by molar-refractivity contribution is -0.120. The first kappa shape index (κ1) is 11.6. The first-order valence-corrected chi connectivity index (χ1v) is 5.33. The van der Waals surface area contributed by atoms with E-state index in [0.29, 0.717) is 0 Å². The molecular weight excluding hydrogens is 244 g/mol. The van der Waals surface area contributed by atoms with Crippen molar-refractivity contribution in [3.63, 3.8) is 0 Å². The number of halogens is 1. The molecule has 1 N–H and O–H groups in total. The molecule has 6 heteroatoms. The smallest absolute Gasteiger partial charge is 0.276 e. The van der Waals surface area contributed by atoms with Gasteiger partial charge >= 0.3 is 6.03 Å². The Bertz CT molecular complexity index is 515. The van der Waals surface area contributed by atoms with Gasteiger partial charge in [0.25, 0.3) is 11.8 Å². The SMILES string of the molecule is CC1C(=O)NC(=O)N1C(=O)c1ccccc1Cl. The number of nitrogens with zero attached hydrogens (tertiary/aromatic N) is 1. The van der Waals surface area contributed by atoms with Crippen LogP contribution in [-0.4, -0.2) is 28.8 Å². The van der Waals surface area contributed by atoms with Crippen molar-refractivity contribution >= 4 is 29.4 Å². The number of hydrogen-bond acceptors (Lipinski definition) is 3. The predicted molar refractivity (Wildman–Crippen MR) is 60.6 cm³/mol. The average Bonchev–Trinajstić information content (AvgIpc) is 2.53. The predicted octanol–water partition coefficient (Wildman–Crippen LogP) is 1.42. The Morgan fingerprint density at radius 1 is 1.35 bits per heavy atom. The molecule has 0 saturated carbocycles. The molecule has 1 fully saturated rings. The zero-order valence-electron chi connectivity index (χ0n) is 8.94. The number of carbonyl (C=O) groups is 3. The summed E-state index contributed by atoms with van der Waals surface area (Å²) in [5, 5.41) is 2.32. The minimum absolute atomic E-state index is 0.200. The lowest BCUT2D eigenvalue weighted by Crippen LogP contribution is -2.38. The van der Waals surface area contributed by atoms with Crippen molar-refractivity contribution in [2.24, 2.45) is 0 Å². The molecule has 88 valence electrons. The average molecular weight is 253 g/mol. The summed E-state index contributed by atoms with van der Waals surface area (Å²) in [6.07, 6.45) is 0. The Kier molecular flexibility index (Phi) is 2.85. The van der Waals surface area contributed by atoms with E-state index in [1.807, 2.05) is 0 Å². The van der Waals surface area contributed by atoms with E-state index in [2.05, 4.69) is 5.32 Å². The van der Waals surface area contributed by atoms with Crippen LogP contribution in [0.15, 0.2) is 24.3 Å². The van der Waals surface area contributed by atoms with Crippen LogP contribution < -0.4 is 5.32 Å². The third-order valence-corrected chi connectivity index (χ3v) is 2.87. The summed E-state index contributed by atoms with van der Waals surface area (Å²) in [5.41, 5.74) is 0.200. The van der Waals surface area contributed by atoms with Crippen LogP contribution in [0.25, 0.3) is 0 Å². The van der Waals surface area contributed by atoms with E-state index in [1.165, 1.54) is 13.0 Å². The van der Waals surface area contributed by atoms with E-state index in [1.54, 1.807) is 18.2 Å². The maximum atomic E-state index is 12.1. The Hall–Kier alpha value is -1.88.